The van der Waals surface area contributed by atoms with E-state index in [4.69, 9.17) is 5.26 Å². The fraction of sp³-hybridized carbons (Fsp3) is 0.0667. The molecule has 0 bridgehead atoms. The average molecular weight is 323 g/mol. The molecule has 0 atom stereocenters. The van der Waals surface area contributed by atoms with E-state index in [1.807, 2.05) is 0 Å². The summed E-state index contributed by atoms with van der Waals surface area (Å²) in [5.74, 6) is -0.791. The van der Waals surface area contributed by atoms with Gasteiger partial charge in [-0.15, -0.1) is 24.5 Å². The first-order valence-corrected chi connectivity index (χ1v) is 6.83. The van der Waals surface area contributed by atoms with Gasteiger partial charge in [0.05, 0.1) is 4.88 Å². The molecule has 2 rings (SSSR count). The molecule has 22 heavy (non-hydrogen) atoms. The first kappa shape index (κ1) is 15.8. The molecule has 2 aromatic rings. The van der Waals surface area contributed by atoms with Crippen LogP contribution in [0.25, 0.3) is 6.08 Å². The SMILES string of the molecule is N#C/C(=C\c1ccc(OC(F)(F)F)cc1)C(=O)c1cccs1. The molecule has 1 heterocycles. The summed E-state index contributed by atoms with van der Waals surface area (Å²) in [6.45, 7) is 0. The van der Waals surface area contributed by atoms with Gasteiger partial charge in [0.1, 0.15) is 17.4 Å². The zero-order valence-corrected chi connectivity index (χ0v) is 11.7. The van der Waals surface area contributed by atoms with Crippen LogP contribution in [0.3, 0.4) is 0 Å². The maximum atomic E-state index is 12.0. The van der Waals surface area contributed by atoms with Crippen LogP contribution >= 0.6 is 11.3 Å². The fourth-order valence-corrected chi connectivity index (χ4v) is 2.30. The van der Waals surface area contributed by atoms with Gasteiger partial charge >= 0.3 is 6.36 Å². The summed E-state index contributed by atoms with van der Waals surface area (Å²) in [5.41, 5.74) is 0.336. The summed E-state index contributed by atoms with van der Waals surface area (Å²) >= 11 is 1.21. The van der Waals surface area contributed by atoms with E-state index >= 15 is 0 Å². The van der Waals surface area contributed by atoms with Crippen molar-refractivity contribution in [2.45, 2.75) is 6.36 Å². The van der Waals surface area contributed by atoms with Gasteiger partial charge in [-0.1, -0.05) is 18.2 Å². The molecule has 1 aromatic carbocycles. The minimum atomic E-state index is -4.76. The normalized spacial score (nSPS) is 11.8. The van der Waals surface area contributed by atoms with Crippen molar-refractivity contribution in [3.8, 4) is 11.8 Å². The Hall–Kier alpha value is -2.59. The molecule has 112 valence electrons. The van der Waals surface area contributed by atoms with E-state index in [-0.39, 0.29) is 11.3 Å². The predicted molar refractivity (Wildman–Crippen MR) is 75.4 cm³/mol. The molecule has 0 amide bonds. The highest BCUT2D eigenvalue weighted by molar-refractivity contribution is 7.12. The molecular formula is C15H8F3NO2S. The Labute approximate surface area is 127 Å². The Balaban J connectivity index is 2.20. The van der Waals surface area contributed by atoms with E-state index in [2.05, 4.69) is 4.74 Å². The number of ether oxygens (including phenoxy) is 1. The number of allylic oxidation sites excluding steroid dienone is 1. The van der Waals surface area contributed by atoms with E-state index in [0.29, 0.717) is 10.4 Å². The van der Waals surface area contributed by atoms with Crippen LogP contribution in [0.15, 0.2) is 47.4 Å². The van der Waals surface area contributed by atoms with Crippen molar-refractivity contribution in [1.29, 1.82) is 5.26 Å². The van der Waals surface area contributed by atoms with Gasteiger partial charge in [-0.2, -0.15) is 5.26 Å². The maximum absolute atomic E-state index is 12.0. The monoisotopic (exact) mass is 323 g/mol. The van der Waals surface area contributed by atoms with Crippen LogP contribution in [0.4, 0.5) is 13.2 Å². The molecule has 0 saturated carbocycles. The Morgan fingerprint density at radius 3 is 2.41 bits per heavy atom. The van der Waals surface area contributed by atoms with Crippen LogP contribution in [0.2, 0.25) is 0 Å². The number of Topliss-reactive ketones (excluding diaryl/α,β-unsaturated/α-hetero) is 1. The second kappa shape index (κ2) is 6.45. The summed E-state index contributed by atoms with van der Waals surface area (Å²) in [7, 11) is 0. The molecule has 0 spiro atoms. The number of nitriles is 1. The average Bonchev–Trinajstić information content (AvgIpc) is 2.98. The number of hydrogen-bond acceptors (Lipinski definition) is 4. The van der Waals surface area contributed by atoms with Gasteiger partial charge in [0.2, 0.25) is 5.78 Å². The lowest BCUT2D eigenvalue weighted by Crippen LogP contribution is -2.16. The quantitative estimate of drug-likeness (QED) is 0.475. The number of thiophene rings is 1. The third-order valence-electron chi connectivity index (χ3n) is 2.53. The van der Waals surface area contributed by atoms with Gasteiger partial charge in [-0.05, 0) is 35.2 Å². The van der Waals surface area contributed by atoms with Gasteiger partial charge in [0.15, 0.2) is 0 Å². The second-order valence-corrected chi connectivity index (χ2v) is 5.04. The molecule has 7 heteroatoms. The zero-order valence-electron chi connectivity index (χ0n) is 10.9. The van der Waals surface area contributed by atoms with Crippen molar-refractivity contribution in [3.63, 3.8) is 0 Å². The fourth-order valence-electron chi connectivity index (χ4n) is 1.62. The van der Waals surface area contributed by atoms with Crippen molar-refractivity contribution >= 4 is 23.2 Å². The molecule has 0 aliphatic rings. The number of carbonyl (C=O) groups is 1. The third kappa shape index (κ3) is 4.20. The van der Waals surface area contributed by atoms with E-state index in [0.717, 1.165) is 12.1 Å². The summed E-state index contributed by atoms with van der Waals surface area (Å²) in [6.07, 6.45) is -3.44. The summed E-state index contributed by atoms with van der Waals surface area (Å²) < 4.78 is 39.9. The molecule has 0 unspecified atom stereocenters. The summed E-state index contributed by atoms with van der Waals surface area (Å²) in [6, 6.07) is 9.98. The van der Waals surface area contributed by atoms with Gasteiger partial charge in [-0.25, -0.2) is 0 Å². The van der Waals surface area contributed by atoms with Crippen molar-refractivity contribution in [1.82, 2.24) is 0 Å². The van der Waals surface area contributed by atoms with E-state index in [9.17, 15) is 18.0 Å². The first-order chi connectivity index (χ1) is 10.4. The van der Waals surface area contributed by atoms with Gasteiger partial charge in [0.25, 0.3) is 0 Å². The largest absolute Gasteiger partial charge is 0.573 e. The van der Waals surface area contributed by atoms with Gasteiger partial charge < -0.3 is 4.74 Å². The maximum Gasteiger partial charge on any atom is 0.573 e. The Bertz CT molecular complexity index is 726. The Morgan fingerprint density at radius 1 is 1.23 bits per heavy atom. The molecular weight excluding hydrogens is 315 g/mol. The minimum Gasteiger partial charge on any atom is -0.406 e. The van der Waals surface area contributed by atoms with Crippen molar-refractivity contribution in [3.05, 3.63) is 57.8 Å². The van der Waals surface area contributed by atoms with Crippen LogP contribution in [-0.2, 0) is 0 Å². The Kier molecular flexibility index (Phi) is 4.63. The van der Waals surface area contributed by atoms with E-state index < -0.39 is 12.1 Å². The zero-order chi connectivity index (χ0) is 16.2. The molecule has 0 fully saturated rings. The predicted octanol–water partition coefficient (Wildman–Crippen LogP) is 4.44. The number of rotatable bonds is 4. The summed E-state index contributed by atoms with van der Waals surface area (Å²) in [4.78, 5) is 12.5. The standard InChI is InChI=1S/C15H8F3NO2S/c16-15(17,18)21-12-5-3-10(4-6-12)8-11(9-19)14(20)13-2-1-7-22-13/h1-8H/b11-8+. The van der Waals surface area contributed by atoms with E-state index in [1.165, 1.54) is 29.5 Å². The van der Waals surface area contributed by atoms with Crippen molar-refractivity contribution < 1.29 is 22.7 Å². The highest BCUT2D eigenvalue weighted by Gasteiger charge is 2.30. The number of carbonyl (C=O) groups excluding carboxylic acids is 1. The number of hydrogen-bond donors (Lipinski definition) is 0. The molecule has 3 nitrogen and oxygen atoms in total. The lowest BCUT2D eigenvalue weighted by atomic mass is 10.1. The number of alkyl halides is 3. The third-order valence-corrected chi connectivity index (χ3v) is 3.40. The Morgan fingerprint density at radius 2 is 1.91 bits per heavy atom. The number of ketones is 1. The van der Waals surface area contributed by atoms with Crippen LogP contribution in [0, 0.1) is 11.3 Å². The smallest absolute Gasteiger partial charge is 0.406 e. The van der Waals surface area contributed by atoms with Crippen molar-refractivity contribution in [2.75, 3.05) is 0 Å². The lowest BCUT2D eigenvalue weighted by Gasteiger charge is -2.08. The topological polar surface area (TPSA) is 50.1 Å². The molecule has 0 radical (unpaired) electrons. The van der Waals surface area contributed by atoms with Crippen LogP contribution in [-0.4, -0.2) is 12.1 Å². The minimum absolute atomic E-state index is 0.0908. The van der Waals surface area contributed by atoms with Crippen LogP contribution in [0.1, 0.15) is 15.2 Å². The second-order valence-electron chi connectivity index (χ2n) is 4.09. The molecule has 0 aliphatic heterocycles. The van der Waals surface area contributed by atoms with E-state index in [1.54, 1.807) is 23.6 Å². The molecule has 1 aromatic heterocycles. The highest BCUT2D eigenvalue weighted by Crippen LogP contribution is 2.23. The number of benzene rings is 1. The van der Waals surface area contributed by atoms with Gasteiger partial charge in [0, 0.05) is 0 Å². The van der Waals surface area contributed by atoms with Crippen molar-refractivity contribution in [2.24, 2.45) is 0 Å². The highest BCUT2D eigenvalue weighted by atomic mass is 32.1. The number of nitrogens with zero attached hydrogens (tertiary/aromatic N) is 1. The lowest BCUT2D eigenvalue weighted by molar-refractivity contribution is -0.274. The van der Waals surface area contributed by atoms with Crippen LogP contribution < -0.4 is 4.74 Å². The molecule has 0 aliphatic carbocycles. The van der Waals surface area contributed by atoms with Crippen LogP contribution in [0.5, 0.6) is 5.75 Å². The number of halogens is 3. The molecule has 0 N–H and O–H groups in total. The van der Waals surface area contributed by atoms with Gasteiger partial charge in [-0.3, -0.25) is 4.79 Å². The first-order valence-electron chi connectivity index (χ1n) is 5.95. The molecule has 0 saturated heterocycles. The summed E-state index contributed by atoms with van der Waals surface area (Å²) in [5, 5.41) is 10.8.